The highest BCUT2D eigenvalue weighted by molar-refractivity contribution is 5.81. The zero-order valence-electron chi connectivity index (χ0n) is 13.4. The van der Waals surface area contributed by atoms with Gasteiger partial charge in [0.2, 0.25) is 0 Å². The van der Waals surface area contributed by atoms with Crippen molar-refractivity contribution in [2.45, 2.75) is 50.7 Å². The fraction of sp³-hybridized carbons (Fsp3) is 0.812. The minimum Gasteiger partial charge on any atom is -0.381 e. The smallest absolute Gasteiger partial charge is 0.251 e. The molecule has 0 bridgehead atoms. The van der Waals surface area contributed by atoms with E-state index < -0.39 is 0 Å². The lowest BCUT2D eigenvalue weighted by Crippen LogP contribution is -2.40. The van der Waals surface area contributed by atoms with Gasteiger partial charge in [-0.25, -0.2) is 9.67 Å². The molecule has 0 unspecified atom stereocenters. The molecule has 1 aromatic rings. The standard InChI is InChI=1S/C16H24N4O3/c21-16(13-2-1-9-23-13)19-6-3-14-17-15(18-20(14)8-7-19)12-4-10-22-11-5-12/h12-13H,1-11H2/t13-/m1/s1. The van der Waals surface area contributed by atoms with E-state index >= 15 is 0 Å². The predicted octanol–water partition coefficient (Wildman–Crippen LogP) is 0.736. The van der Waals surface area contributed by atoms with Crippen LogP contribution in [-0.4, -0.2) is 64.6 Å². The molecule has 3 aliphatic heterocycles. The van der Waals surface area contributed by atoms with E-state index in [1.54, 1.807) is 0 Å². The van der Waals surface area contributed by atoms with E-state index in [1.165, 1.54) is 0 Å². The lowest BCUT2D eigenvalue weighted by Gasteiger charge is -2.23. The van der Waals surface area contributed by atoms with Gasteiger partial charge in [0, 0.05) is 45.2 Å². The van der Waals surface area contributed by atoms with Crippen molar-refractivity contribution < 1.29 is 14.3 Å². The summed E-state index contributed by atoms with van der Waals surface area (Å²) in [5, 5.41) is 4.71. The minimum absolute atomic E-state index is 0.137. The predicted molar refractivity (Wildman–Crippen MR) is 82.1 cm³/mol. The summed E-state index contributed by atoms with van der Waals surface area (Å²) in [6.45, 7) is 4.45. The summed E-state index contributed by atoms with van der Waals surface area (Å²) in [5.41, 5.74) is 0. The van der Waals surface area contributed by atoms with Crippen molar-refractivity contribution in [3.05, 3.63) is 11.6 Å². The molecule has 0 radical (unpaired) electrons. The molecule has 0 aliphatic carbocycles. The van der Waals surface area contributed by atoms with Gasteiger partial charge < -0.3 is 14.4 Å². The van der Waals surface area contributed by atoms with Gasteiger partial charge >= 0.3 is 0 Å². The molecule has 4 heterocycles. The fourth-order valence-corrected chi connectivity index (χ4v) is 3.65. The number of hydrogen-bond acceptors (Lipinski definition) is 5. The summed E-state index contributed by atoms with van der Waals surface area (Å²) in [4.78, 5) is 19.1. The molecule has 1 aromatic heterocycles. The van der Waals surface area contributed by atoms with Crippen LogP contribution in [-0.2, 0) is 27.2 Å². The van der Waals surface area contributed by atoms with Crippen LogP contribution in [0.25, 0.3) is 0 Å². The topological polar surface area (TPSA) is 69.5 Å². The van der Waals surface area contributed by atoms with Crippen LogP contribution < -0.4 is 0 Å². The number of ether oxygens (including phenoxy) is 2. The van der Waals surface area contributed by atoms with Crippen molar-refractivity contribution in [3.8, 4) is 0 Å². The summed E-state index contributed by atoms with van der Waals surface area (Å²) in [6.07, 6.45) is 4.40. The summed E-state index contributed by atoms with van der Waals surface area (Å²) in [7, 11) is 0. The Morgan fingerprint density at radius 2 is 1.96 bits per heavy atom. The van der Waals surface area contributed by atoms with E-state index in [2.05, 4.69) is 0 Å². The van der Waals surface area contributed by atoms with Crippen molar-refractivity contribution in [2.75, 3.05) is 32.9 Å². The van der Waals surface area contributed by atoms with E-state index in [1.807, 2.05) is 9.58 Å². The van der Waals surface area contributed by atoms with Gasteiger partial charge in [0.05, 0.1) is 6.54 Å². The molecule has 7 nitrogen and oxygen atoms in total. The van der Waals surface area contributed by atoms with E-state index in [4.69, 9.17) is 19.6 Å². The van der Waals surface area contributed by atoms with Gasteiger partial charge in [-0.3, -0.25) is 4.79 Å². The van der Waals surface area contributed by atoms with Crippen LogP contribution in [0.15, 0.2) is 0 Å². The number of rotatable bonds is 2. The molecular formula is C16H24N4O3. The first-order chi connectivity index (χ1) is 11.3. The maximum Gasteiger partial charge on any atom is 0.251 e. The first kappa shape index (κ1) is 15.1. The van der Waals surface area contributed by atoms with Crippen LogP contribution in [0.2, 0.25) is 0 Å². The molecule has 1 atom stereocenters. The second-order valence-corrected chi connectivity index (χ2v) is 6.57. The molecule has 2 saturated heterocycles. The SMILES string of the molecule is O=C([C@H]1CCCO1)N1CCc2nc(C3CCOCC3)nn2CC1. The van der Waals surface area contributed by atoms with Crippen LogP contribution in [0.4, 0.5) is 0 Å². The summed E-state index contributed by atoms with van der Waals surface area (Å²) in [5.74, 6) is 2.53. The monoisotopic (exact) mass is 320 g/mol. The third-order valence-corrected chi connectivity index (χ3v) is 5.06. The Morgan fingerprint density at radius 1 is 1.09 bits per heavy atom. The second kappa shape index (κ2) is 6.57. The van der Waals surface area contributed by atoms with Crippen molar-refractivity contribution in [3.63, 3.8) is 0 Å². The number of hydrogen-bond donors (Lipinski definition) is 0. The fourth-order valence-electron chi connectivity index (χ4n) is 3.65. The Kier molecular flexibility index (Phi) is 4.31. The highest BCUT2D eigenvalue weighted by atomic mass is 16.5. The summed E-state index contributed by atoms with van der Waals surface area (Å²) < 4.78 is 12.9. The van der Waals surface area contributed by atoms with Gasteiger partial charge in [-0.2, -0.15) is 5.10 Å². The average Bonchev–Trinajstić information content (AvgIpc) is 3.22. The largest absolute Gasteiger partial charge is 0.381 e. The number of carbonyl (C=O) groups is 1. The highest BCUT2D eigenvalue weighted by Gasteiger charge is 2.30. The molecule has 126 valence electrons. The maximum absolute atomic E-state index is 12.5. The zero-order valence-corrected chi connectivity index (χ0v) is 13.4. The van der Waals surface area contributed by atoms with E-state index in [0.29, 0.717) is 25.6 Å². The molecule has 0 aromatic carbocycles. The highest BCUT2D eigenvalue weighted by Crippen LogP contribution is 2.25. The molecule has 7 heteroatoms. The number of carbonyl (C=O) groups excluding carboxylic acids is 1. The third-order valence-electron chi connectivity index (χ3n) is 5.06. The third kappa shape index (κ3) is 3.12. The molecule has 0 spiro atoms. The number of amides is 1. The van der Waals surface area contributed by atoms with Gasteiger partial charge in [0.1, 0.15) is 11.9 Å². The lowest BCUT2D eigenvalue weighted by atomic mass is 10.00. The molecule has 0 N–H and O–H groups in total. The molecule has 23 heavy (non-hydrogen) atoms. The molecular weight excluding hydrogens is 296 g/mol. The molecule has 0 saturated carbocycles. The first-order valence-corrected chi connectivity index (χ1v) is 8.73. The quantitative estimate of drug-likeness (QED) is 0.804. The first-order valence-electron chi connectivity index (χ1n) is 8.73. The number of nitrogens with zero attached hydrogens (tertiary/aromatic N) is 4. The molecule has 3 aliphatic rings. The second-order valence-electron chi connectivity index (χ2n) is 6.57. The lowest BCUT2D eigenvalue weighted by molar-refractivity contribution is -0.140. The van der Waals surface area contributed by atoms with E-state index in [9.17, 15) is 4.79 Å². The van der Waals surface area contributed by atoms with E-state index in [-0.39, 0.29) is 12.0 Å². The zero-order chi connectivity index (χ0) is 15.6. The Bertz CT molecular complexity index is 536. The van der Waals surface area contributed by atoms with Gasteiger partial charge in [-0.1, -0.05) is 0 Å². The van der Waals surface area contributed by atoms with Gasteiger partial charge in [0.15, 0.2) is 5.82 Å². The van der Waals surface area contributed by atoms with Crippen molar-refractivity contribution >= 4 is 5.91 Å². The van der Waals surface area contributed by atoms with Crippen LogP contribution in [0.1, 0.15) is 43.3 Å². The summed E-state index contributed by atoms with van der Waals surface area (Å²) >= 11 is 0. The maximum atomic E-state index is 12.5. The Labute approximate surface area is 135 Å². The van der Waals surface area contributed by atoms with Crippen molar-refractivity contribution in [1.29, 1.82) is 0 Å². The van der Waals surface area contributed by atoms with Crippen LogP contribution in [0, 0.1) is 0 Å². The van der Waals surface area contributed by atoms with Gasteiger partial charge in [-0.15, -0.1) is 0 Å². The molecule has 1 amide bonds. The van der Waals surface area contributed by atoms with Gasteiger partial charge in [-0.05, 0) is 25.7 Å². The van der Waals surface area contributed by atoms with Crippen LogP contribution >= 0.6 is 0 Å². The molecule has 4 rings (SSSR count). The average molecular weight is 320 g/mol. The number of aromatic nitrogens is 3. The Hall–Kier alpha value is -1.47. The Balaban J connectivity index is 1.41. The van der Waals surface area contributed by atoms with Crippen molar-refractivity contribution in [1.82, 2.24) is 19.7 Å². The Morgan fingerprint density at radius 3 is 2.74 bits per heavy atom. The molecule has 2 fully saturated rings. The summed E-state index contributed by atoms with van der Waals surface area (Å²) in [6, 6.07) is 0. The minimum atomic E-state index is -0.230. The van der Waals surface area contributed by atoms with E-state index in [0.717, 1.165) is 63.5 Å². The number of fused-ring (bicyclic) bond motifs is 1. The van der Waals surface area contributed by atoms with Crippen LogP contribution in [0.5, 0.6) is 0 Å². The normalized spacial score (nSPS) is 26.1. The van der Waals surface area contributed by atoms with Crippen LogP contribution in [0.3, 0.4) is 0 Å². The van der Waals surface area contributed by atoms with Gasteiger partial charge in [0.25, 0.3) is 5.91 Å². The van der Waals surface area contributed by atoms with Crippen molar-refractivity contribution in [2.24, 2.45) is 0 Å².